The van der Waals surface area contributed by atoms with Gasteiger partial charge in [-0.05, 0) is 49.1 Å². The van der Waals surface area contributed by atoms with E-state index in [1.165, 1.54) is 4.90 Å². The van der Waals surface area contributed by atoms with E-state index in [-0.39, 0.29) is 12.5 Å². The molecule has 7 nitrogen and oxygen atoms in total. The first-order valence-corrected chi connectivity index (χ1v) is 14.1. The van der Waals surface area contributed by atoms with Crippen molar-refractivity contribution in [3.05, 3.63) is 64.1 Å². The fourth-order valence-electron chi connectivity index (χ4n) is 3.64. The lowest BCUT2D eigenvalue weighted by Gasteiger charge is -2.33. The van der Waals surface area contributed by atoms with Crippen molar-refractivity contribution in [1.29, 1.82) is 0 Å². The molecule has 0 heterocycles. The second-order valence-corrected chi connectivity index (χ2v) is 11.1. The van der Waals surface area contributed by atoms with E-state index >= 15 is 0 Å². The van der Waals surface area contributed by atoms with Crippen LogP contribution in [0.4, 0.5) is 5.69 Å². The van der Waals surface area contributed by atoms with Gasteiger partial charge in [0.15, 0.2) is 0 Å². The lowest BCUT2D eigenvalue weighted by atomic mass is 10.1. The molecule has 2 aromatic carbocycles. The average Bonchev–Trinajstić information content (AvgIpc) is 2.77. The van der Waals surface area contributed by atoms with Gasteiger partial charge >= 0.3 is 0 Å². The standard InChI is InChI=1S/C25H34BrN3O4S/c1-5-7-15-27-25(31)23(6-2)28(17-20-12-9-8-11-19(20)3)24(30)18-29(34(4,32)33)22-14-10-13-21(26)16-22/h8-14,16,23H,5-7,15,17-18H2,1-4H3,(H,27,31)/t23-/m1/s1. The second kappa shape index (κ2) is 12.9. The van der Waals surface area contributed by atoms with E-state index in [0.717, 1.165) is 34.5 Å². The lowest BCUT2D eigenvalue weighted by Crippen LogP contribution is -2.52. The van der Waals surface area contributed by atoms with Gasteiger partial charge in [0, 0.05) is 17.6 Å². The molecule has 0 saturated carbocycles. The van der Waals surface area contributed by atoms with Crippen LogP contribution in [0.3, 0.4) is 0 Å². The van der Waals surface area contributed by atoms with Gasteiger partial charge in [-0.3, -0.25) is 13.9 Å². The molecule has 2 rings (SSSR count). The number of nitrogens with zero attached hydrogens (tertiary/aromatic N) is 2. The van der Waals surface area contributed by atoms with Gasteiger partial charge in [0.2, 0.25) is 21.8 Å². The number of amides is 2. The highest BCUT2D eigenvalue weighted by Gasteiger charge is 2.31. The molecule has 2 amide bonds. The number of carbonyl (C=O) groups excluding carboxylic acids is 2. The summed E-state index contributed by atoms with van der Waals surface area (Å²) in [6.07, 6.45) is 3.27. The largest absolute Gasteiger partial charge is 0.354 e. The van der Waals surface area contributed by atoms with Gasteiger partial charge in [0.05, 0.1) is 11.9 Å². The van der Waals surface area contributed by atoms with Gasteiger partial charge in [-0.15, -0.1) is 0 Å². The van der Waals surface area contributed by atoms with Crippen LogP contribution in [0, 0.1) is 6.92 Å². The Morgan fingerprint density at radius 2 is 1.79 bits per heavy atom. The number of halogens is 1. The first-order valence-electron chi connectivity index (χ1n) is 11.4. The van der Waals surface area contributed by atoms with E-state index in [9.17, 15) is 18.0 Å². The normalized spacial score (nSPS) is 12.1. The van der Waals surface area contributed by atoms with Crippen LogP contribution in [0.15, 0.2) is 53.0 Å². The molecule has 0 spiro atoms. The smallest absolute Gasteiger partial charge is 0.244 e. The van der Waals surface area contributed by atoms with Crippen LogP contribution in [0.2, 0.25) is 0 Å². The van der Waals surface area contributed by atoms with Gasteiger partial charge in [-0.25, -0.2) is 8.42 Å². The number of carbonyl (C=O) groups is 2. The minimum Gasteiger partial charge on any atom is -0.354 e. The molecule has 0 bridgehead atoms. The van der Waals surface area contributed by atoms with E-state index in [2.05, 4.69) is 21.2 Å². The maximum Gasteiger partial charge on any atom is 0.244 e. The van der Waals surface area contributed by atoms with Crippen molar-refractivity contribution in [3.63, 3.8) is 0 Å². The third-order valence-corrected chi connectivity index (χ3v) is 7.23. The van der Waals surface area contributed by atoms with Crippen molar-refractivity contribution in [3.8, 4) is 0 Å². The molecule has 0 aliphatic carbocycles. The average molecular weight is 553 g/mol. The fourth-order valence-corrected chi connectivity index (χ4v) is 4.87. The quantitative estimate of drug-likeness (QED) is 0.399. The molecule has 186 valence electrons. The number of unbranched alkanes of at least 4 members (excludes halogenated alkanes) is 1. The number of nitrogens with one attached hydrogen (secondary N) is 1. The predicted octanol–water partition coefficient (Wildman–Crippen LogP) is 4.25. The van der Waals surface area contributed by atoms with Crippen LogP contribution >= 0.6 is 15.9 Å². The number of rotatable bonds is 12. The van der Waals surface area contributed by atoms with Crippen molar-refractivity contribution in [1.82, 2.24) is 10.2 Å². The Morgan fingerprint density at radius 1 is 1.09 bits per heavy atom. The molecule has 0 radical (unpaired) electrons. The number of anilines is 1. The summed E-state index contributed by atoms with van der Waals surface area (Å²) >= 11 is 3.36. The molecule has 2 aromatic rings. The van der Waals surface area contributed by atoms with E-state index in [0.29, 0.717) is 23.1 Å². The van der Waals surface area contributed by atoms with E-state index < -0.39 is 28.5 Å². The zero-order chi connectivity index (χ0) is 25.3. The fraction of sp³-hybridized carbons (Fsp3) is 0.440. The van der Waals surface area contributed by atoms with Gasteiger partial charge in [-0.2, -0.15) is 0 Å². The van der Waals surface area contributed by atoms with E-state index in [1.807, 2.05) is 45.0 Å². The summed E-state index contributed by atoms with van der Waals surface area (Å²) in [4.78, 5) is 28.2. The third kappa shape index (κ3) is 7.84. The number of sulfonamides is 1. The molecule has 0 saturated heterocycles. The molecule has 1 N–H and O–H groups in total. The topological polar surface area (TPSA) is 86.8 Å². The number of benzene rings is 2. The SMILES string of the molecule is CCCCNC(=O)[C@@H](CC)N(Cc1ccccc1C)C(=O)CN(c1cccc(Br)c1)S(C)(=O)=O. The highest BCUT2D eigenvalue weighted by atomic mass is 79.9. The number of hydrogen-bond acceptors (Lipinski definition) is 4. The molecule has 0 fully saturated rings. The highest BCUT2D eigenvalue weighted by molar-refractivity contribution is 9.10. The van der Waals surface area contributed by atoms with Crippen molar-refractivity contribution in [2.24, 2.45) is 0 Å². The van der Waals surface area contributed by atoms with Gasteiger partial charge in [-0.1, -0.05) is 66.5 Å². The monoisotopic (exact) mass is 551 g/mol. The number of hydrogen-bond donors (Lipinski definition) is 1. The Balaban J connectivity index is 2.41. The molecular formula is C25H34BrN3O4S. The van der Waals surface area contributed by atoms with Crippen LogP contribution in [0.1, 0.15) is 44.2 Å². The maximum absolute atomic E-state index is 13.6. The maximum atomic E-state index is 13.6. The lowest BCUT2D eigenvalue weighted by molar-refractivity contribution is -0.140. The van der Waals surface area contributed by atoms with Crippen molar-refractivity contribution < 1.29 is 18.0 Å². The minimum absolute atomic E-state index is 0.210. The Kier molecular flexibility index (Phi) is 10.6. The molecule has 0 aliphatic rings. The van der Waals surface area contributed by atoms with Crippen LogP contribution < -0.4 is 9.62 Å². The zero-order valence-electron chi connectivity index (χ0n) is 20.3. The summed E-state index contributed by atoms with van der Waals surface area (Å²) in [5, 5.41) is 2.92. The van der Waals surface area contributed by atoms with Crippen LogP contribution in [-0.4, -0.2) is 50.5 Å². The summed E-state index contributed by atoms with van der Waals surface area (Å²) < 4.78 is 27.0. The first kappa shape index (κ1) is 27.9. The summed E-state index contributed by atoms with van der Waals surface area (Å²) in [5.41, 5.74) is 2.28. The second-order valence-electron chi connectivity index (χ2n) is 8.27. The molecule has 0 aliphatic heterocycles. The van der Waals surface area contributed by atoms with Gasteiger partial charge in [0.1, 0.15) is 12.6 Å². The summed E-state index contributed by atoms with van der Waals surface area (Å²) in [7, 11) is -3.75. The molecule has 34 heavy (non-hydrogen) atoms. The van der Waals surface area contributed by atoms with Crippen LogP contribution in [0.25, 0.3) is 0 Å². The van der Waals surface area contributed by atoms with Gasteiger partial charge in [0.25, 0.3) is 0 Å². The van der Waals surface area contributed by atoms with Crippen LogP contribution in [0.5, 0.6) is 0 Å². The first-order chi connectivity index (χ1) is 16.1. The van der Waals surface area contributed by atoms with Gasteiger partial charge < -0.3 is 10.2 Å². The zero-order valence-corrected chi connectivity index (χ0v) is 22.7. The Labute approximate surface area is 211 Å². The summed E-state index contributed by atoms with van der Waals surface area (Å²) in [6, 6.07) is 13.7. The van der Waals surface area contributed by atoms with Crippen molar-refractivity contribution in [2.75, 3.05) is 23.7 Å². The summed E-state index contributed by atoms with van der Waals surface area (Å²) in [5.74, 6) is -0.669. The molecule has 0 unspecified atom stereocenters. The van der Waals surface area contributed by atoms with E-state index in [1.54, 1.807) is 24.3 Å². The molecule has 9 heteroatoms. The molecular weight excluding hydrogens is 518 g/mol. The molecule has 1 atom stereocenters. The van der Waals surface area contributed by atoms with Crippen molar-refractivity contribution in [2.45, 2.75) is 52.6 Å². The Bertz CT molecular complexity index is 1090. The van der Waals surface area contributed by atoms with Crippen LogP contribution in [-0.2, 0) is 26.2 Å². The highest BCUT2D eigenvalue weighted by Crippen LogP contribution is 2.23. The Morgan fingerprint density at radius 3 is 2.38 bits per heavy atom. The third-order valence-electron chi connectivity index (χ3n) is 5.59. The number of aryl methyl sites for hydroxylation is 1. The summed E-state index contributed by atoms with van der Waals surface area (Å²) in [6.45, 7) is 6.18. The van der Waals surface area contributed by atoms with Crippen molar-refractivity contribution >= 4 is 43.5 Å². The molecule has 0 aromatic heterocycles. The predicted molar refractivity (Wildman–Crippen MR) is 140 cm³/mol. The Hall–Kier alpha value is -2.39. The minimum atomic E-state index is -3.75. The van der Waals surface area contributed by atoms with E-state index in [4.69, 9.17) is 0 Å².